The van der Waals surface area contributed by atoms with E-state index >= 15 is 0 Å². The lowest BCUT2D eigenvalue weighted by Crippen LogP contribution is -1.95. The number of benzene rings is 1. The van der Waals surface area contributed by atoms with E-state index in [2.05, 4.69) is 5.16 Å². The Morgan fingerprint density at radius 1 is 1.44 bits per heavy atom. The second-order valence-corrected chi connectivity index (χ2v) is 3.43. The standard InChI is InChI=1S/C11H10F2N2O/c1-6(12)11-7(3-2-4-8(11)13)9-5-10(14)15-16-9/h2-6H,1H3,(H2,14,15). The van der Waals surface area contributed by atoms with Crippen LogP contribution in [-0.4, -0.2) is 5.16 Å². The lowest BCUT2D eigenvalue weighted by Gasteiger charge is -2.08. The molecule has 0 aliphatic carbocycles. The molecule has 0 amide bonds. The highest BCUT2D eigenvalue weighted by Crippen LogP contribution is 2.32. The third kappa shape index (κ3) is 1.76. The molecule has 0 aliphatic heterocycles. The van der Waals surface area contributed by atoms with Crippen LogP contribution in [0.3, 0.4) is 0 Å². The largest absolute Gasteiger partial charge is 0.381 e. The molecule has 0 bridgehead atoms. The summed E-state index contributed by atoms with van der Waals surface area (Å²) in [7, 11) is 0. The second kappa shape index (κ2) is 3.92. The van der Waals surface area contributed by atoms with Crippen LogP contribution in [0, 0.1) is 5.82 Å². The maximum Gasteiger partial charge on any atom is 0.169 e. The van der Waals surface area contributed by atoms with Crippen LogP contribution in [0.1, 0.15) is 18.7 Å². The minimum atomic E-state index is -1.43. The lowest BCUT2D eigenvalue weighted by atomic mass is 10.0. The number of aromatic nitrogens is 1. The average Bonchev–Trinajstić information content (AvgIpc) is 2.63. The molecule has 0 fully saturated rings. The summed E-state index contributed by atoms with van der Waals surface area (Å²) < 4.78 is 31.7. The molecule has 0 aliphatic rings. The zero-order valence-corrected chi connectivity index (χ0v) is 8.58. The Labute approximate surface area is 90.9 Å². The molecule has 1 unspecified atom stereocenters. The van der Waals surface area contributed by atoms with Crippen LogP contribution in [0.5, 0.6) is 0 Å². The van der Waals surface area contributed by atoms with Gasteiger partial charge < -0.3 is 10.3 Å². The maximum absolute atomic E-state index is 13.5. The summed E-state index contributed by atoms with van der Waals surface area (Å²) in [6.45, 7) is 1.27. The summed E-state index contributed by atoms with van der Waals surface area (Å²) in [5.41, 5.74) is 5.68. The Kier molecular flexibility index (Phi) is 2.60. The first-order valence-corrected chi connectivity index (χ1v) is 4.74. The lowest BCUT2D eigenvalue weighted by molar-refractivity contribution is 0.360. The van der Waals surface area contributed by atoms with Gasteiger partial charge in [-0.15, -0.1) is 0 Å². The monoisotopic (exact) mass is 224 g/mol. The highest BCUT2D eigenvalue weighted by molar-refractivity contribution is 5.64. The van der Waals surface area contributed by atoms with Gasteiger partial charge in [0.25, 0.3) is 0 Å². The summed E-state index contributed by atoms with van der Waals surface area (Å²) in [6.07, 6.45) is -1.43. The van der Waals surface area contributed by atoms with Gasteiger partial charge in [-0.1, -0.05) is 17.3 Å². The van der Waals surface area contributed by atoms with Gasteiger partial charge in [0.15, 0.2) is 11.6 Å². The molecule has 5 heteroatoms. The summed E-state index contributed by atoms with van der Waals surface area (Å²) in [5.74, 6) is -0.171. The van der Waals surface area contributed by atoms with Crippen LogP contribution in [0.25, 0.3) is 11.3 Å². The fourth-order valence-corrected chi connectivity index (χ4v) is 1.57. The van der Waals surface area contributed by atoms with Gasteiger partial charge in [0, 0.05) is 17.2 Å². The number of nitrogens with two attached hydrogens (primary N) is 1. The molecule has 2 rings (SSSR count). The van der Waals surface area contributed by atoms with Crippen molar-refractivity contribution in [2.75, 3.05) is 5.73 Å². The Bertz CT molecular complexity index is 508. The summed E-state index contributed by atoms with van der Waals surface area (Å²) in [4.78, 5) is 0. The highest BCUT2D eigenvalue weighted by Gasteiger charge is 2.18. The second-order valence-electron chi connectivity index (χ2n) is 3.43. The number of hydrogen-bond donors (Lipinski definition) is 1. The van der Waals surface area contributed by atoms with Crippen LogP contribution in [0.15, 0.2) is 28.8 Å². The van der Waals surface area contributed by atoms with Crippen molar-refractivity contribution in [3.63, 3.8) is 0 Å². The van der Waals surface area contributed by atoms with Crippen LogP contribution in [0.2, 0.25) is 0 Å². The van der Waals surface area contributed by atoms with Crippen LogP contribution >= 0.6 is 0 Å². The molecule has 1 aromatic carbocycles. The molecule has 1 aromatic heterocycles. The maximum atomic E-state index is 13.5. The van der Waals surface area contributed by atoms with Gasteiger partial charge in [-0.05, 0) is 13.0 Å². The van der Waals surface area contributed by atoms with E-state index in [1.807, 2.05) is 0 Å². The molecule has 84 valence electrons. The first-order valence-electron chi connectivity index (χ1n) is 4.74. The third-order valence-electron chi connectivity index (χ3n) is 2.24. The molecule has 1 atom stereocenters. The van der Waals surface area contributed by atoms with E-state index in [1.54, 1.807) is 6.07 Å². The van der Waals surface area contributed by atoms with Crippen molar-refractivity contribution in [1.82, 2.24) is 5.16 Å². The molecule has 3 nitrogen and oxygen atoms in total. The normalized spacial score (nSPS) is 12.7. The van der Waals surface area contributed by atoms with Gasteiger partial charge in [-0.3, -0.25) is 0 Å². The smallest absolute Gasteiger partial charge is 0.169 e. The Hall–Kier alpha value is -1.91. The van der Waals surface area contributed by atoms with Crippen molar-refractivity contribution in [2.45, 2.75) is 13.1 Å². The molecular weight excluding hydrogens is 214 g/mol. The third-order valence-corrected chi connectivity index (χ3v) is 2.24. The number of alkyl halides is 1. The predicted molar refractivity (Wildman–Crippen MR) is 55.8 cm³/mol. The van der Waals surface area contributed by atoms with Crippen molar-refractivity contribution in [1.29, 1.82) is 0 Å². The molecule has 0 radical (unpaired) electrons. The quantitative estimate of drug-likeness (QED) is 0.852. The molecule has 0 saturated heterocycles. The first kappa shape index (κ1) is 10.6. The molecule has 2 N–H and O–H groups in total. The summed E-state index contributed by atoms with van der Waals surface area (Å²) in [5, 5.41) is 3.48. The van der Waals surface area contributed by atoms with Crippen LogP contribution in [-0.2, 0) is 0 Å². The van der Waals surface area contributed by atoms with Gasteiger partial charge in [-0.2, -0.15) is 0 Å². The van der Waals surface area contributed by atoms with Crippen molar-refractivity contribution >= 4 is 5.82 Å². The van der Waals surface area contributed by atoms with E-state index in [4.69, 9.17) is 10.3 Å². The van der Waals surface area contributed by atoms with Crippen molar-refractivity contribution in [3.05, 3.63) is 35.6 Å². The van der Waals surface area contributed by atoms with Gasteiger partial charge in [0.1, 0.15) is 12.0 Å². The topological polar surface area (TPSA) is 52.0 Å². The minimum Gasteiger partial charge on any atom is -0.381 e. The summed E-state index contributed by atoms with van der Waals surface area (Å²) >= 11 is 0. The van der Waals surface area contributed by atoms with E-state index in [-0.39, 0.29) is 17.1 Å². The molecule has 16 heavy (non-hydrogen) atoms. The highest BCUT2D eigenvalue weighted by atomic mass is 19.1. The van der Waals surface area contributed by atoms with Gasteiger partial charge in [0.2, 0.25) is 0 Å². The molecule has 1 heterocycles. The molecule has 0 spiro atoms. The SMILES string of the molecule is CC(F)c1c(F)cccc1-c1cc(N)no1. The molecule has 0 saturated carbocycles. The zero-order chi connectivity index (χ0) is 11.7. The van der Waals surface area contributed by atoms with Crippen molar-refractivity contribution < 1.29 is 13.3 Å². The number of halogens is 2. The fourth-order valence-electron chi connectivity index (χ4n) is 1.57. The number of hydrogen-bond acceptors (Lipinski definition) is 3. The van der Waals surface area contributed by atoms with Gasteiger partial charge in [-0.25, -0.2) is 8.78 Å². The number of nitrogen functional groups attached to an aromatic ring is 1. The fraction of sp³-hybridized carbons (Fsp3) is 0.182. The Morgan fingerprint density at radius 2 is 2.19 bits per heavy atom. The first-order chi connectivity index (χ1) is 7.59. The average molecular weight is 224 g/mol. The number of anilines is 1. The Balaban J connectivity index is 2.60. The Morgan fingerprint density at radius 3 is 2.75 bits per heavy atom. The minimum absolute atomic E-state index is 0.0429. The van der Waals surface area contributed by atoms with E-state index in [0.717, 1.165) is 0 Å². The summed E-state index contributed by atoms with van der Waals surface area (Å²) in [6, 6.07) is 5.68. The van der Waals surface area contributed by atoms with E-state index in [0.29, 0.717) is 5.56 Å². The van der Waals surface area contributed by atoms with Crippen molar-refractivity contribution in [3.8, 4) is 11.3 Å². The van der Waals surface area contributed by atoms with Crippen LogP contribution < -0.4 is 5.73 Å². The van der Waals surface area contributed by atoms with Crippen molar-refractivity contribution in [2.24, 2.45) is 0 Å². The van der Waals surface area contributed by atoms with Gasteiger partial charge in [0.05, 0.1) is 0 Å². The van der Waals surface area contributed by atoms with E-state index in [1.165, 1.54) is 25.1 Å². The van der Waals surface area contributed by atoms with E-state index < -0.39 is 12.0 Å². The number of nitrogens with zero attached hydrogens (tertiary/aromatic N) is 1. The van der Waals surface area contributed by atoms with Gasteiger partial charge >= 0.3 is 0 Å². The zero-order valence-electron chi connectivity index (χ0n) is 8.58. The molecular formula is C11H10F2N2O. The predicted octanol–water partition coefficient (Wildman–Crippen LogP) is 3.09. The number of rotatable bonds is 2. The van der Waals surface area contributed by atoms with E-state index in [9.17, 15) is 8.78 Å². The van der Waals surface area contributed by atoms with Crippen LogP contribution in [0.4, 0.5) is 14.6 Å². The molecule has 2 aromatic rings.